The Kier molecular flexibility index (Phi) is 5.59. The molecular formula is C22H23N5O2S. The molecule has 7 nitrogen and oxygen atoms in total. The fraction of sp³-hybridized carbons (Fsp3) is 0.273. The summed E-state index contributed by atoms with van der Waals surface area (Å²) in [5, 5.41) is 6.19. The van der Waals surface area contributed by atoms with Crippen LogP contribution >= 0.6 is 11.8 Å². The van der Waals surface area contributed by atoms with Gasteiger partial charge in [-0.15, -0.1) is 0 Å². The van der Waals surface area contributed by atoms with Crippen molar-refractivity contribution in [1.29, 1.82) is 0 Å². The first-order chi connectivity index (χ1) is 14.4. The number of urea groups is 1. The fourth-order valence-electron chi connectivity index (χ4n) is 3.16. The zero-order chi connectivity index (χ0) is 21.3. The predicted octanol–water partition coefficient (Wildman–Crippen LogP) is 4.00. The fourth-order valence-corrected chi connectivity index (χ4v) is 4.08. The first-order valence-electron chi connectivity index (χ1n) is 9.85. The number of para-hydroxylation sites is 3. The summed E-state index contributed by atoms with van der Waals surface area (Å²) < 4.78 is 1.98. The third kappa shape index (κ3) is 3.95. The summed E-state index contributed by atoms with van der Waals surface area (Å²) in [6, 6.07) is 15.2. The molecule has 2 heterocycles. The molecule has 4 aromatic rings. The molecule has 0 radical (unpaired) electrons. The van der Waals surface area contributed by atoms with Gasteiger partial charge in [-0.1, -0.05) is 49.9 Å². The summed E-state index contributed by atoms with van der Waals surface area (Å²) in [5.41, 5.74) is 3.40. The van der Waals surface area contributed by atoms with Crippen LogP contribution in [0.4, 0.5) is 4.79 Å². The van der Waals surface area contributed by atoms with Gasteiger partial charge in [-0.25, -0.2) is 14.8 Å². The van der Waals surface area contributed by atoms with E-state index in [9.17, 15) is 9.59 Å². The molecule has 0 aliphatic rings. The minimum Gasteiger partial charge on any atom is -0.338 e. The van der Waals surface area contributed by atoms with Crippen LogP contribution in [0.3, 0.4) is 0 Å². The third-order valence-electron chi connectivity index (χ3n) is 4.67. The molecular weight excluding hydrogens is 398 g/mol. The number of carbonyl (C=O) groups excluding carboxylic acids is 2. The average Bonchev–Trinajstić information content (AvgIpc) is 3.12. The normalized spacial score (nSPS) is 12.5. The lowest BCUT2D eigenvalue weighted by Gasteiger charge is -2.14. The Bertz CT molecular complexity index is 1250. The number of hydrogen-bond donors (Lipinski definition) is 2. The number of rotatable bonds is 5. The average molecular weight is 422 g/mol. The number of nitrogens with one attached hydrogen (secondary N) is 2. The van der Waals surface area contributed by atoms with Gasteiger partial charge in [-0.05, 0) is 37.1 Å². The van der Waals surface area contributed by atoms with Gasteiger partial charge in [0.05, 0.1) is 21.8 Å². The van der Waals surface area contributed by atoms with Crippen molar-refractivity contribution in [3.63, 3.8) is 0 Å². The zero-order valence-electron chi connectivity index (χ0n) is 17.0. The summed E-state index contributed by atoms with van der Waals surface area (Å²) in [4.78, 5) is 34.1. The lowest BCUT2D eigenvalue weighted by atomic mass is 10.2. The molecule has 30 heavy (non-hydrogen) atoms. The lowest BCUT2D eigenvalue weighted by molar-refractivity contribution is -0.119. The molecule has 0 aliphatic heterocycles. The Morgan fingerprint density at radius 1 is 1.00 bits per heavy atom. The van der Waals surface area contributed by atoms with Gasteiger partial charge in [0.1, 0.15) is 5.65 Å². The van der Waals surface area contributed by atoms with Crippen LogP contribution < -0.4 is 10.6 Å². The maximum absolute atomic E-state index is 12.6. The third-order valence-corrected chi connectivity index (χ3v) is 5.72. The summed E-state index contributed by atoms with van der Waals surface area (Å²) in [6.07, 6.45) is 0. The van der Waals surface area contributed by atoms with Crippen molar-refractivity contribution in [2.24, 2.45) is 5.92 Å². The maximum Gasteiger partial charge on any atom is 0.321 e. The van der Waals surface area contributed by atoms with E-state index in [1.807, 2.05) is 66.8 Å². The molecule has 2 N–H and O–H groups in total. The summed E-state index contributed by atoms with van der Waals surface area (Å²) >= 11 is 1.30. The van der Waals surface area contributed by atoms with Crippen molar-refractivity contribution in [2.75, 3.05) is 6.54 Å². The van der Waals surface area contributed by atoms with E-state index in [0.717, 1.165) is 27.6 Å². The number of fused-ring (bicyclic) bond motifs is 5. The number of nitrogens with zero attached hydrogens (tertiary/aromatic N) is 3. The Morgan fingerprint density at radius 2 is 1.70 bits per heavy atom. The second kappa shape index (κ2) is 8.31. The van der Waals surface area contributed by atoms with Gasteiger partial charge in [-0.3, -0.25) is 14.5 Å². The summed E-state index contributed by atoms with van der Waals surface area (Å²) in [6.45, 7) is 6.26. The van der Waals surface area contributed by atoms with Crippen molar-refractivity contribution in [3.05, 3.63) is 48.5 Å². The number of carbonyl (C=O) groups is 2. The van der Waals surface area contributed by atoms with Crippen LogP contribution in [-0.2, 0) is 4.79 Å². The number of thioether (sulfide) groups is 1. The van der Waals surface area contributed by atoms with Gasteiger partial charge >= 0.3 is 6.03 Å². The van der Waals surface area contributed by atoms with Gasteiger partial charge in [0, 0.05) is 11.9 Å². The first-order valence-corrected chi connectivity index (χ1v) is 10.7. The predicted molar refractivity (Wildman–Crippen MR) is 120 cm³/mol. The smallest absolute Gasteiger partial charge is 0.321 e. The molecule has 2 aromatic carbocycles. The van der Waals surface area contributed by atoms with E-state index < -0.39 is 11.3 Å². The second-order valence-electron chi connectivity index (χ2n) is 7.52. The van der Waals surface area contributed by atoms with Crippen LogP contribution in [0.5, 0.6) is 0 Å². The molecule has 0 saturated carbocycles. The second-order valence-corrected chi connectivity index (χ2v) is 8.83. The Hall–Kier alpha value is -3.13. The summed E-state index contributed by atoms with van der Waals surface area (Å²) in [7, 11) is 0. The lowest BCUT2D eigenvalue weighted by Crippen LogP contribution is -2.43. The van der Waals surface area contributed by atoms with Crippen molar-refractivity contribution in [1.82, 2.24) is 25.0 Å². The van der Waals surface area contributed by atoms with Gasteiger partial charge < -0.3 is 5.32 Å². The highest BCUT2D eigenvalue weighted by molar-refractivity contribution is 8.00. The van der Waals surface area contributed by atoms with Gasteiger partial charge in [0.25, 0.3) is 0 Å². The number of benzene rings is 2. The first kappa shape index (κ1) is 20.2. The number of imide groups is 1. The van der Waals surface area contributed by atoms with Crippen LogP contribution in [0.25, 0.3) is 27.6 Å². The molecule has 154 valence electrons. The highest BCUT2D eigenvalue weighted by atomic mass is 32.2. The molecule has 3 amide bonds. The Morgan fingerprint density at radius 3 is 2.47 bits per heavy atom. The molecule has 0 bridgehead atoms. The minimum absolute atomic E-state index is 0.308. The van der Waals surface area contributed by atoms with Gasteiger partial charge in [0.2, 0.25) is 5.91 Å². The number of aromatic nitrogens is 3. The zero-order valence-corrected chi connectivity index (χ0v) is 17.9. The molecule has 0 spiro atoms. The van der Waals surface area contributed by atoms with E-state index in [1.165, 1.54) is 11.8 Å². The highest BCUT2D eigenvalue weighted by Gasteiger charge is 2.21. The van der Waals surface area contributed by atoms with Crippen molar-refractivity contribution >= 4 is 51.3 Å². The molecule has 0 aliphatic carbocycles. The SMILES string of the molecule is CC(C)CNC(=O)NC(=O)C(C)Sc1nc2ccccc2c2nc3ccccc3n12. The van der Waals surface area contributed by atoms with Gasteiger partial charge in [0.15, 0.2) is 5.16 Å². The minimum atomic E-state index is -0.521. The standard InChI is InChI=1S/C22H23N5O2S/c1-13(2)12-23-21(29)26-20(28)14(3)30-22-25-16-9-5-4-8-15(16)19-24-17-10-6-7-11-18(17)27(19)22/h4-11,13-14H,12H2,1-3H3,(H2,23,26,28,29). The topological polar surface area (TPSA) is 88.4 Å². The Labute approximate surface area is 178 Å². The van der Waals surface area contributed by atoms with Gasteiger partial charge in [-0.2, -0.15) is 0 Å². The molecule has 0 saturated heterocycles. The van der Waals surface area contributed by atoms with Crippen molar-refractivity contribution < 1.29 is 9.59 Å². The van der Waals surface area contributed by atoms with Crippen LogP contribution in [0.1, 0.15) is 20.8 Å². The van der Waals surface area contributed by atoms with E-state index in [-0.39, 0.29) is 5.91 Å². The van der Waals surface area contributed by atoms with Crippen LogP contribution in [0, 0.1) is 5.92 Å². The molecule has 4 rings (SSSR count). The van der Waals surface area contributed by atoms with Crippen LogP contribution in [-0.4, -0.2) is 38.1 Å². The van der Waals surface area contributed by atoms with Crippen LogP contribution in [0.2, 0.25) is 0 Å². The van der Waals surface area contributed by atoms with Crippen LogP contribution in [0.15, 0.2) is 53.7 Å². The number of imidazole rings is 1. The quantitative estimate of drug-likeness (QED) is 0.376. The molecule has 2 aromatic heterocycles. The van der Waals surface area contributed by atoms with E-state index in [0.29, 0.717) is 17.6 Å². The summed E-state index contributed by atoms with van der Waals surface area (Å²) in [5.74, 6) is -0.0592. The number of hydrogen-bond acceptors (Lipinski definition) is 5. The monoisotopic (exact) mass is 421 g/mol. The Balaban J connectivity index is 1.67. The largest absolute Gasteiger partial charge is 0.338 e. The van der Waals surface area contributed by atoms with Crippen molar-refractivity contribution in [2.45, 2.75) is 31.2 Å². The number of amides is 3. The van der Waals surface area contributed by atoms with Crippen molar-refractivity contribution in [3.8, 4) is 0 Å². The molecule has 1 unspecified atom stereocenters. The van der Waals surface area contributed by atoms with E-state index >= 15 is 0 Å². The highest BCUT2D eigenvalue weighted by Crippen LogP contribution is 2.30. The van der Waals surface area contributed by atoms with E-state index in [1.54, 1.807) is 6.92 Å². The van der Waals surface area contributed by atoms with E-state index in [2.05, 4.69) is 10.6 Å². The van der Waals surface area contributed by atoms with E-state index in [4.69, 9.17) is 9.97 Å². The molecule has 0 fully saturated rings. The maximum atomic E-state index is 12.6. The molecule has 8 heteroatoms. The molecule has 1 atom stereocenters.